The summed E-state index contributed by atoms with van der Waals surface area (Å²) in [5.41, 5.74) is 6.48. The Kier molecular flexibility index (Phi) is 3.80. The van der Waals surface area contributed by atoms with E-state index in [0.29, 0.717) is 11.3 Å². The van der Waals surface area contributed by atoms with Gasteiger partial charge in [-0.05, 0) is 24.6 Å². The van der Waals surface area contributed by atoms with E-state index in [-0.39, 0.29) is 19.4 Å². The summed E-state index contributed by atoms with van der Waals surface area (Å²) in [6, 6.07) is 2.87. The lowest BCUT2D eigenvalue weighted by Crippen LogP contribution is -2.38. The average molecular weight is 269 g/mol. The highest BCUT2D eigenvalue weighted by Gasteiger charge is 2.37. The first-order valence-electron chi connectivity index (χ1n) is 6.25. The number of nitrogens with one attached hydrogen (secondary N) is 1. The predicted octanol–water partition coefficient (Wildman–Crippen LogP) is 1.73. The number of alkyl halides is 2. The van der Waals surface area contributed by atoms with Crippen LogP contribution in [0, 0.1) is 0 Å². The van der Waals surface area contributed by atoms with Crippen molar-refractivity contribution in [3.8, 4) is 0 Å². The van der Waals surface area contributed by atoms with Crippen molar-refractivity contribution in [1.82, 2.24) is 10.3 Å². The normalized spacial score (nSPS) is 23.8. The van der Waals surface area contributed by atoms with Gasteiger partial charge in [-0.25, -0.2) is 8.78 Å². The van der Waals surface area contributed by atoms with Crippen LogP contribution in [-0.4, -0.2) is 23.4 Å². The number of hydrogen-bond donors (Lipinski definition) is 2. The topological polar surface area (TPSA) is 68.0 Å². The minimum absolute atomic E-state index is 0.152. The molecule has 0 saturated carbocycles. The maximum absolute atomic E-state index is 13.4. The van der Waals surface area contributed by atoms with E-state index in [0.717, 1.165) is 0 Å². The van der Waals surface area contributed by atoms with Crippen LogP contribution in [0.15, 0.2) is 18.3 Å². The molecule has 2 rings (SSSR count). The number of nitrogens with two attached hydrogens (primary N) is 1. The number of rotatable bonds is 3. The van der Waals surface area contributed by atoms with Gasteiger partial charge in [0.25, 0.3) is 5.92 Å². The minimum Gasteiger partial charge on any atom is -0.369 e. The van der Waals surface area contributed by atoms with Gasteiger partial charge in [0.05, 0.1) is 17.7 Å². The number of nitrogens with zero attached hydrogens (tertiary/aromatic N) is 1. The fourth-order valence-electron chi connectivity index (χ4n) is 2.20. The van der Waals surface area contributed by atoms with Gasteiger partial charge in [-0.2, -0.15) is 0 Å². The summed E-state index contributed by atoms with van der Waals surface area (Å²) in [7, 11) is 0. The van der Waals surface area contributed by atoms with Crippen LogP contribution >= 0.6 is 0 Å². The Morgan fingerprint density at radius 1 is 1.63 bits per heavy atom. The molecule has 1 fully saturated rings. The zero-order chi connectivity index (χ0) is 14.0. The number of primary amides is 1. The van der Waals surface area contributed by atoms with Crippen molar-refractivity contribution in [3.05, 3.63) is 29.6 Å². The molecule has 2 atom stereocenters. The van der Waals surface area contributed by atoms with Crippen LogP contribution in [0.4, 0.5) is 8.78 Å². The molecular weight excluding hydrogens is 252 g/mol. The number of hydrogen-bond acceptors (Lipinski definition) is 3. The average Bonchev–Trinajstić information content (AvgIpc) is 2.36. The number of carbonyl (C=O) groups excluding carboxylic acids is 1. The van der Waals surface area contributed by atoms with E-state index in [9.17, 15) is 13.6 Å². The van der Waals surface area contributed by atoms with Crippen LogP contribution in [-0.2, 0) is 4.79 Å². The summed E-state index contributed by atoms with van der Waals surface area (Å²) in [6.07, 6.45) is 1.10. The number of piperidine rings is 1. The molecule has 1 amide bonds. The van der Waals surface area contributed by atoms with E-state index in [1.807, 2.05) is 0 Å². The van der Waals surface area contributed by atoms with Crippen LogP contribution in [0.1, 0.15) is 43.0 Å². The van der Waals surface area contributed by atoms with E-state index in [2.05, 4.69) is 10.3 Å². The lowest BCUT2D eigenvalue weighted by atomic mass is 9.95. The van der Waals surface area contributed by atoms with E-state index in [1.165, 1.54) is 6.20 Å². The van der Waals surface area contributed by atoms with Crippen LogP contribution in [0.25, 0.3) is 0 Å². The highest BCUT2D eigenvalue weighted by atomic mass is 19.3. The standard InChI is InChI=1S/C13H17F2N3O/c1-8(12(16)19)9-2-4-17-10(6-9)11-7-13(14,15)3-5-18-11/h2,4,6,8,11,18H,3,5,7H2,1H3,(H2,16,19). The number of halogens is 2. The number of aromatic nitrogens is 1. The number of amides is 1. The minimum atomic E-state index is -2.66. The summed E-state index contributed by atoms with van der Waals surface area (Å²) < 4.78 is 26.8. The Labute approximate surface area is 110 Å². The Bertz CT molecular complexity index is 479. The van der Waals surface area contributed by atoms with Gasteiger partial charge in [-0.1, -0.05) is 0 Å². The fourth-order valence-corrected chi connectivity index (χ4v) is 2.20. The molecule has 0 bridgehead atoms. The molecule has 0 aliphatic carbocycles. The summed E-state index contributed by atoms with van der Waals surface area (Å²) in [4.78, 5) is 15.3. The lowest BCUT2D eigenvalue weighted by molar-refractivity contribution is -0.119. The second kappa shape index (κ2) is 5.21. The third-order valence-corrected chi connectivity index (χ3v) is 3.47. The molecule has 0 aromatic carbocycles. The Morgan fingerprint density at radius 3 is 3.00 bits per heavy atom. The van der Waals surface area contributed by atoms with Gasteiger partial charge in [0.1, 0.15) is 0 Å². The predicted molar refractivity (Wildman–Crippen MR) is 66.8 cm³/mol. The van der Waals surface area contributed by atoms with Gasteiger partial charge in [0, 0.05) is 25.6 Å². The van der Waals surface area contributed by atoms with E-state index < -0.39 is 23.8 Å². The number of carbonyl (C=O) groups is 1. The molecule has 4 nitrogen and oxygen atoms in total. The third kappa shape index (κ3) is 3.26. The molecular formula is C13H17F2N3O. The molecule has 2 unspecified atom stereocenters. The van der Waals surface area contributed by atoms with Crippen molar-refractivity contribution < 1.29 is 13.6 Å². The summed E-state index contributed by atoms with van der Waals surface area (Å²) >= 11 is 0. The van der Waals surface area contributed by atoms with Gasteiger partial charge < -0.3 is 11.1 Å². The molecule has 6 heteroatoms. The summed E-state index contributed by atoms with van der Waals surface area (Å²) in [5, 5.41) is 3.03. The van der Waals surface area contributed by atoms with Crippen LogP contribution in [0.2, 0.25) is 0 Å². The molecule has 3 N–H and O–H groups in total. The van der Waals surface area contributed by atoms with Gasteiger partial charge in [-0.3, -0.25) is 9.78 Å². The molecule has 19 heavy (non-hydrogen) atoms. The number of pyridine rings is 1. The second-order valence-electron chi connectivity index (χ2n) is 4.95. The van der Waals surface area contributed by atoms with Crippen molar-refractivity contribution in [2.24, 2.45) is 5.73 Å². The van der Waals surface area contributed by atoms with Gasteiger partial charge in [-0.15, -0.1) is 0 Å². The van der Waals surface area contributed by atoms with Crippen molar-refractivity contribution in [3.63, 3.8) is 0 Å². The lowest BCUT2D eigenvalue weighted by Gasteiger charge is -2.30. The van der Waals surface area contributed by atoms with Crippen LogP contribution in [0.3, 0.4) is 0 Å². The molecule has 1 aromatic rings. The maximum Gasteiger partial charge on any atom is 0.251 e. The first-order valence-corrected chi connectivity index (χ1v) is 6.25. The van der Waals surface area contributed by atoms with Crippen molar-refractivity contribution in [1.29, 1.82) is 0 Å². The quantitative estimate of drug-likeness (QED) is 0.878. The van der Waals surface area contributed by atoms with Crippen molar-refractivity contribution in [2.75, 3.05) is 6.54 Å². The molecule has 1 aliphatic heterocycles. The van der Waals surface area contributed by atoms with E-state index in [4.69, 9.17) is 5.73 Å². The van der Waals surface area contributed by atoms with Gasteiger partial charge in [0.15, 0.2) is 0 Å². The monoisotopic (exact) mass is 269 g/mol. The fraction of sp³-hybridized carbons (Fsp3) is 0.538. The van der Waals surface area contributed by atoms with Crippen LogP contribution < -0.4 is 11.1 Å². The zero-order valence-corrected chi connectivity index (χ0v) is 10.7. The molecule has 1 saturated heterocycles. The largest absolute Gasteiger partial charge is 0.369 e. The maximum atomic E-state index is 13.4. The van der Waals surface area contributed by atoms with Crippen molar-refractivity contribution >= 4 is 5.91 Å². The molecule has 0 radical (unpaired) electrons. The molecule has 2 heterocycles. The van der Waals surface area contributed by atoms with Crippen LogP contribution in [0.5, 0.6) is 0 Å². The highest BCUT2D eigenvalue weighted by molar-refractivity contribution is 5.81. The van der Waals surface area contributed by atoms with Gasteiger partial charge in [0.2, 0.25) is 5.91 Å². The van der Waals surface area contributed by atoms with Gasteiger partial charge >= 0.3 is 0 Å². The zero-order valence-electron chi connectivity index (χ0n) is 10.7. The second-order valence-corrected chi connectivity index (χ2v) is 4.95. The molecule has 1 aliphatic rings. The SMILES string of the molecule is CC(C(N)=O)c1ccnc(C2CC(F)(F)CCN2)c1. The van der Waals surface area contributed by atoms with E-state index in [1.54, 1.807) is 19.1 Å². The third-order valence-electron chi connectivity index (χ3n) is 3.47. The molecule has 104 valence electrons. The summed E-state index contributed by atoms with van der Waals surface area (Å²) in [5.74, 6) is -3.56. The summed E-state index contributed by atoms with van der Waals surface area (Å²) in [6.45, 7) is 1.94. The smallest absolute Gasteiger partial charge is 0.251 e. The first kappa shape index (κ1) is 13.9. The Morgan fingerprint density at radius 2 is 2.37 bits per heavy atom. The first-order chi connectivity index (χ1) is 8.89. The molecule has 0 spiro atoms. The van der Waals surface area contributed by atoms with Crippen molar-refractivity contribution in [2.45, 2.75) is 37.6 Å². The molecule has 1 aromatic heterocycles. The highest BCUT2D eigenvalue weighted by Crippen LogP contribution is 2.34. The Hall–Kier alpha value is -1.56. The Balaban J connectivity index is 2.21. The van der Waals surface area contributed by atoms with E-state index >= 15 is 0 Å².